The monoisotopic (exact) mass is 338 g/mol. The van der Waals surface area contributed by atoms with Crippen LogP contribution in [0.4, 0.5) is 5.69 Å². The lowest BCUT2D eigenvalue weighted by atomic mass is 10.1. The Labute approximate surface area is 144 Å². The molecule has 0 radical (unpaired) electrons. The third-order valence-corrected chi connectivity index (χ3v) is 4.90. The molecule has 1 aromatic carbocycles. The molecule has 2 aliphatic heterocycles. The number of hydrogen-bond donors (Lipinski definition) is 1. The van der Waals surface area contributed by atoms with E-state index in [1.165, 1.54) is 29.7 Å². The number of anilines is 1. The molecule has 1 unspecified atom stereocenters. The Balaban J connectivity index is 0.00000156. The first-order valence-corrected chi connectivity index (χ1v) is 8.65. The summed E-state index contributed by atoms with van der Waals surface area (Å²) in [5.41, 5.74) is 4.26. The Kier molecular flexibility index (Phi) is 5.81. The topological polar surface area (TPSA) is 33.7 Å². The molecule has 1 N–H and O–H groups in total. The molecule has 1 saturated heterocycles. The molecule has 0 spiro atoms. The molecule has 1 atom stereocenters. The van der Waals surface area contributed by atoms with Crippen molar-refractivity contribution in [2.45, 2.75) is 31.9 Å². The zero-order valence-corrected chi connectivity index (χ0v) is 14.4. The minimum absolute atomic E-state index is 0. The fourth-order valence-corrected chi connectivity index (χ4v) is 3.46. The molecular formula is C18H27ClN2O2. The van der Waals surface area contributed by atoms with Crippen LogP contribution in [0.3, 0.4) is 0 Å². The molecule has 1 aromatic rings. The second-order valence-corrected chi connectivity index (χ2v) is 6.84. The molecule has 128 valence electrons. The molecule has 0 aromatic heterocycles. The quantitative estimate of drug-likeness (QED) is 0.864. The van der Waals surface area contributed by atoms with Crippen LogP contribution < -0.4 is 5.32 Å². The van der Waals surface area contributed by atoms with E-state index in [-0.39, 0.29) is 18.5 Å². The molecule has 2 fully saturated rings. The first-order valence-electron chi connectivity index (χ1n) is 8.65. The Morgan fingerprint density at radius 1 is 1.26 bits per heavy atom. The molecule has 3 aliphatic rings. The van der Waals surface area contributed by atoms with Crippen molar-refractivity contribution in [1.29, 1.82) is 0 Å². The average molecular weight is 339 g/mol. The van der Waals surface area contributed by atoms with Gasteiger partial charge in [0.15, 0.2) is 0 Å². The van der Waals surface area contributed by atoms with Gasteiger partial charge in [0.1, 0.15) is 0 Å². The lowest BCUT2D eigenvalue weighted by molar-refractivity contribution is -0.0723. The van der Waals surface area contributed by atoms with E-state index in [0.29, 0.717) is 0 Å². The van der Waals surface area contributed by atoms with Crippen LogP contribution in [0.25, 0.3) is 0 Å². The van der Waals surface area contributed by atoms with Crippen molar-refractivity contribution in [3.8, 4) is 0 Å². The number of fused-ring (bicyclic) bond motifs is 1. The standard InChI is InChI=1S/C18H26N2O2.ClH/c1-2-15-6-7-19-18(15)16(3-1)10-20-8-9-22-17(11-20)13-21-12-14-4-5-14;/h1-3,14,17,19H,4-13H2;1H. The van der Waals surface area contributed by atoms with E-state index >= 15 is 0 Å². The van der Waals surface area contributed by atoms with Crippen molar-refractivity contribution >= 4 is 18.1 Å². The van der Waals surface area contributed by atoms with Crippen molar-refractivity contribution in [2.24, 2.45) is 5.92 Å². The van der Waals surface area contributed by atoms with Crippen LogP contribution in [-0.2, 0) is 22.4 Å². The number of para-hydroxylation sites is 1. The van der Waals surface area contributed by atoms with E-state index in [1.807, 2.05) is 0 Å². The summed E-state index contributed by atoms with van der Waals surface area (Å²) in [5, 5.41) is 3.54. The van der Waals surface area contributed by atoms with Gasteiger partial charge in [0.2, 0.25) is 0 Å². The maximum absolute atomic E-state index is 5.86. The van der Waals surface area contributed by atoms with Crippen molar-refractivity contribution in [3.63, 3.8) is 0 Å². The number of morpholine rings is 1. The largest absolute Gasteiger partial charge is 0.384 e. The van der Waals surface area contributed by atoms with Crippen molar-refractivity contribution < 1.29 is 9.47 Å². The highest BCUT2D eigenvalue weighted by Crippen LogP contribution is 2.29. The number of nitrogens with one attached hydrogen (secondary N) is 1. The summed E-state index contributed by atoms with van der Waals surface area (Å²) in [4.78, 5) is 2.50. The number of nitrogens with zero attached hydrogens (tertiary/aromatic N) is 1. The van der Waals surface area contributed by atoms with Gasteiger partial charge in [0, 0.05) is 38.5 Å². The first kappa shape index (κ1) is 17.0. The minimum Gasteiger partial charge on any atom is -0.384 e. The van der Waals surface area contributed by atoms with Crippen LogP contribution >= 0.6 is 12.4 Å². The van der Waals surface area contributed by atoms with Gasteiger partial charge in [-0.3, -0.25) is 4.90 Å². The zero-order valence-electron chi connectivity index (χ0n) is 13.6. The highest BCUT2D eigenvalue weighted by Gasteiger charge is 2.25. The number of ether oxygens (including phenoxy) is 2. The molecule has 1 saturated carbocycles. The van der Waals surface area contributed by atoms with E-state index in [9.17, 15) is 0 Å². The smallest absolute Gasteiger partial charge is 0.0935 e. The van der Waals surface area contributed by atoms with E-state index in [1.54, 1.807) is 0 Å². The molecule has 23 heavy (non-hydrogen) atoms. The molecule has 4 nitrogen and oxygen atoms in total. The number of hydrogen-bond acceptors (Lipinski definition) is 4. The lowest BCUT2D eigenvalue weighted by Crippen LogP contribution is -2.44. The number of rotatable bonds is 6. The highest BCUT2D eigenvalue weighted by molar-refractivity contribution is 5.85. The van der Waals surface area contributed by atoms with Crippen LogP contribution in [0, 0.1) is 5.92 Å². The van der Waals surface area contributed by atoms with Crippen LogP contribution in [0.5, 0.6) is 0 Å². The van der Waals surface area contributed by atoms with Crippen LogP contribution in [0.2, 0.25) is 0 Å². The molecular weight excluding hydrogens is 312 g/mol. The first-order chi connectivity index (χ1) is 10.9. The summed E-state index contributed by atoms with van der Waals surface area (Å²) < 4.78 is 11.7. The van der Waals surface area contributed by atoms with E-state index in [4.69, 9.17) is 9.47 Å². The van der Waals surface area contributed by atoms with E-state index < -0.39 is 0 Å². The number of benzene rings is 1. The second kappa shape index (κ2) is 7.84. The molecule has 5 heteroatoms. The Morgan fingerprint density at radius 3 is 3.04 bits per heavy atom. The van der Waals surface area contributed by atoms with E-state index in [0.717, 1.165) is 58.3 Å². The summed E-state index contributed by atoms with van der Waals surface area (Å²) in [6.07, 6.45) is 4.09. The Bertz CT molecular complexity index is 522. The van der Waals surface area contributed by atoms with E-state index in [2.05, 4.69) is 28.4 Å². The van der Waals surface area contributed by atoms with Gasteiger partial charge in [-0.25, -0.2) is 0 Å². The normalized spacial score (nSPS) is 23.9. The summed E-state index contributed by atoms with van der Waals surface area (Å²) >= 11 is 0. The third kappa shape index (κ3) is 4.38. The fourth-order valence-electron chi connectivity index (χ4n) is 3.46. The SMILES string of the molecule is Cl.c1cc2c(c(CN3CCOC(COCC4CC4)C3)c1)NCC2. The highest BCUT2D eigenvalue weighted by atomic mass is 35.5. The molecule has 0 bridgehead atoms. The summed E-state index contributed by atoms with van der Waals surface area (Å²) in [6, 6.07) is 6.69. The van der Waals surface area contributed by atoms with Gasteiger partial charge in [-0.05, 0) is 36.3 Å². The van der Waals surface area contributed by atoms with Gasteiger partial charge < -0.3 is 14.8 Å². The summed E-state index contributed by atoms with van der Waals surface area (Å²) in [6.45, 7) is 6.58. The molecule has 4 rings (SSSR count). The average Bonchev–Trinajstić information content (AvgIpc) is 3.22. The van der Waals surface area contributed by atoms with Gasteiger partial charge >= 0.3 is 0 Å². The van der Waals surface area contributed by atoms with Gasteiger partial charge in [0.25, 0.3) is 0 Å². The zero-order chi connectivity index (χ0) is 14.8. The third-order valence-electron chi connectivity index (χ3n) is 4.90. The molecule has 2 heterocycles. The van der Waals surface area contributed by atoms with Crippen LogP contribution in [-0.4, -0.2) is 50.5 Å². The van der Waals surface area contributed by atoms with Gasteiger partial charge in [-0.2, -0.15) is 0 Å². The molecule has 1 aliphatic carbocycles. The van der Waals surface area contributed by atoms with Gasteiger partial charge in [-0.1, -0.05) is 18.2 Å². The number of halogens is 1. The van der Waals surface area contributed by atoms with Crippen molar-refractivity contribution in [3.05, 3.63) is 29.3 Å². The Morgan fingerprint density at radius 2 is 2.17 bits per heavy atom. The minimum atomic E-state index is 0. The predicted molar refractivity (Wildman–Crippen MR) is 94.4 cm³/mol. The lowest BCUT2D eigenvalue weighted by Gasteiger charge is -2.33. The van der Waals surface area contributed by atoms with Crippen LogP contribution in [0.15, 0.2) is 18.2 Å². The summed E-state index contributed by atoms with van der Waals surface area (Å²) in [5.74, 6) is 0.831. The maximum atomic E-state index is 5.86. The maximum Gasteiger partial charge on any atom is 0.0935 e. The van der Waals surface area contributed by atoms with Gasteiger partial charge in [-0.15, -0.1) is 12.4 Å². The van der Waals surface area contributed by atoms with Crippen molar-refractivity contribution in [1.82, 2.24) is 4.90 Å². The summed E-state index contributed by atoms with van der Waals surface area (Å²) in [7, 11) is 0. The van der Waals surface area contributed by atoms with Gasteiger partial charge in [0.05, 0.1) is 19.3 Å². The van der Waals surface area contributed by atoms with Crippen molar-refractivity contribution in [2.75, 3.05) is 44.8 Å². The van der Waals surface area contributed by atoms with Crippen LogP contribution in [0.1, 0.15) is 24.0 Å². The fraction of sp³-hybridized carbons (Fsp3) is 0.667. The predicted octanol–water partition coefficient (Wildman–Crippen LogP) is 2.70. The Hall–Kier alpha value is -0.810. The second-order valence-electron chi connectivity index (χ2n) is 6.84. The molecule has 0 amide bonds.